The highest BCUT2D eigenvalue weighted by atomic mass is 16.4. The maximum absolute atomic E-state index is 10.8. The van der Waals surface area contributed by atoms with Crippen LogP contribution in [0.5, 0.6) is 0 Å². The molecule has 5 heteroatoms. The highest BCUT2D eigenvalue weighted by Gasteiger charge is 2.16. The zero-order valence-electron chi connectivity index (χ0n) is 9.76. The van der Waals surface area contributed by atoms with Crippen LogP contribution in [0.25, 0.3) is 16.5 Å². The minimum atomic E-state index is -0.852. The standard InChI is InChI=1S/C13H13N3O2/c17-13(18)16-5-3-9(4-6-16)10-1-2-11-8-14-15-12(11)7-10/h1-3,7-8H,4-6H2,(H,14,15)(H,17,18). The number of amides is 1. The summed E-state index contributed by atoms with van der Waals surface area (Å²) in [5, 5.41) is 16.9. The van der Waals surface area contributed by atoms with Gasteiger partial charge in [-0.25, -0.2) is 4.79 Å². The van der Waals surface area contributed by atoms with Crippen LogP contribution in [-0.2, 0) is 0 Å². The van der Waals surface area contributed by atoms with E-state index in [0.717, 1.165) is 22.9 Å². The number of benzene rings is 1. The van der Waals surface area contributed by atoms with E-state index in [9.17, 15) is 4.79 Å². The number of aromatic amines is 1. The van der Waals surface area contributed by atoms with E-state index in [-0.39, 0.29) is 0 Å². The van der Waals surface area contributed by atoms with Gasteiger partial charge in [0, 0.05) is 18.5 Å². The number of nitrogens with one attached hydrogen (secondary N) is 1. The summed E-state index contributed by atoms with van der Waals surface area (Å²) in [6.45, 7) is 1.02. The van der Waals surface area contributed by atoms with Crippen LogP contribution >= 0.6 is 0 Å². The summed E-state index contributed by atoms with van der Waals surface area (Å²) in [5.41, 5.74) is 3.34. The van der Waals surface area contributed by atoms with Crippen LogP contribution < -0.4 is 0 Å². The van der Waals surface area contributed by atoms with E-state index in [2.05, 4.69) is 22.3 Å². The lowest BCUT2D eigenvalue weighted by molar-refractivity contribution is 0.150. The van der Waals surface area contributed by atoms with Crippen molar-refractivity contribution in [3.05, 3.63) is 36.0 Å². The number of rotatable bonds is 1. The Kier molecular flexibility index (Phi) is 2.51. The SMILES string of the molecule is O=C(O)N1CC=C(c2ccc3cn[nH]c3c2)CC1. The molecule has 0 saturated heterocycles. The number of H-pyrrole nitrogens is 1. The van der Waals surface area contributed by atoms with Crippen molar-refractivity contribution in [2.45, 2.75) is 6.42 Å². The molecule has 2 N–H and O–H groups in total. The normalized spacial score (nSPS) is 15.8. The Hall–Kier alpha value is -2.30. The lowest BCUT2D eigenvalue weighted by Crippen LogP contribution is -2.33. The molecule has 0 atom stereocenters. The monoisotopic (exact) mass is 243 g/mol. The van der Waals surface area contributed by atoms with E-state index < -0.39 is 6.09 Å². The number of hydrogen-bond acceptors (Lipinski definition) is 2. The molecule has 3 rings (SSSR count). The number of nitrogens with zero attached hydrogens (tertiary/aromatic N) is 2. The van der Waals surface area contributed by atoms with Crippen molar-refractivity contribution in [3.63, 3.8) is 0 Å². The highest BCUT2D eigenvalue weighted by molar-refractivity contribution is 5.83. The summed E-state index contributed by atoms with van der Waals surface area (Å²) >= 11 is 0. The molecular formula is C13H13N3O2. The van der Waals surface area contributed by atoms with E-state index in [1.165, 1.54) is 10.5 Å². The molecule has 1 aromatic heterocycles. The highest BCUT2D eigenvalue weighted by Crippen LogP contribution is 2.24. The summed E-state index contributed by atoms with van der Waals surface area (Å²) in [5.74, 6) is 0. The van der Waals surface area contributed by atoms with Crippen LogP contribution in [0.1, 0.15) is 12.0 Å². The van der Waals surface area contributed by atoms with Gasteiger partial charge in [0.1, 0.15) is 0 Å². The Morgan fingerprint density at radius 3 is 3.06 bits per heavy atom. The molecule has 92 valence electrons. The maximum atomic E-state index is 10.8. The maximum Gasteiger partial charge on any atom is 0.407 e. The van der Waals surface area contributed by atoms with E-state index in [4.69, 9.17) is 5.11 Å². The first-order valence-corrected chi connectivity index (χ1v) is 5.84. The summed E-state index contributed by atoms with van der Waals surface area (Å²) < 4.78 is 0. The Labute approximate surface area is 104 Å². The van der Waals surface area contributed by atoms with Gasteiger partial charge in [-0.05, 0) is 23.6 Å². The van der Waals surface area contributed by atoms with Crippen molar-refractivity contribution in [1.82, 2.24) is 15.1 Å². The molecular weight excluding hydrogens is 230 g/mol. The summed E-state index contributed by atoms with van der Waals surface area (Å²) in [6, 6.07) is 6.14. The second-order valence-electron chi connectivity index (χ2n) is 4.38. The predicted octanol–water partition coefficient (Wildman–Crippen LogP) is 2.33. The van der Waals surface area contributed by atoms with Gasteiger partial charge in [0.2, 0.25) is 0 Å². The van der Waals surface area contributed by atoms with Gasteiger partial charge >= 0.3 is 6.09 Å². The van der Waals surface area contributed by atoms with Gasteiger partial charge in [-0.2, -0.15) is 5.10 Å². The summed E-state index contributed by atoms with van der Waals surface area (Å²) in [4.78, 5) is 12.2. The molecule has 5 nitrogen and oxygen atoms in total. The number of carbonyl (C=O) groups is 1. The van der Waals surface area contributed by atoms with Gasteiger partial charge < -0.3 is 10.0 Å². The first-order valence-electron chi connectivity index (χ1n) is 5.84. The molecule has 0 bridgehead atoms. The Bertz CT molecular complexity index is 630. The van der Waals surface area contributed by atoms with Crippen LogP contribution in [0.3, 0.4) is 0 Å². The summed E-state index contributed by atoms with van der Waals surface area (Å²) in [7, 11) is 0. The van der Waals surface area contributed by atoms with E-state index in [0.29, 0.717) is 13.1 Å². The molecule has 0 radical (unpaired) electrons. The van der Waals surface area contributed by atoms with E-state index >= 15 is 0 Å². The number of carboxylic acid groups (broad SMARTS) is 1. The van der Waals surface area contributed by atoms with Crippen molar-refractivity contribution in [3.8, 4) is 0 Å². The van der Waals surface area contributed by atoms with Crippen molar-refractivity contribution in [2.75, 3.05) is 13.1 Å². The van der Waals surface area contributed by atoms with Crippen molar-refractivity contribution >= 4 is 22.6 Å². The molecule has 0 fully saturated rings. The van der Waals surface area contributed by atoms with Gasteiger partial charge in [0.05, 0.1) is 11.7 Å². The van der Waals surface area contributed by atoms with Crippen LogP contribution in [0.15, 0.2) is 30.5 Å². The average molecular weight is 243 g/mol. The van der Waals surface area contributed by atoms with Gasteiger partial charge in [0.15, 0.2) is 0 Å². The number of hydrogen-bond donors (Lipinski definition) is 2. The second kappa shape index (κ2) is 4.18. The fourth-order valence-corrected chi connectivity index (χ4v) is 2.24. The molecule has 0 saturated carbocycles. The Morgan fingerprint density at radius 1 is 1.44 bits per heavy atom. The smallest absolute Gasteiger partial charge is 0.407 e. The second-order valence-corrected chi connectivity index (χ2v) is 4.38. The molecule has 0 spiro atoms. The molecule has 1 aliphatic rings. The van der Waals surface area contributed by atoms with Crippen molar-refractivity contribution < 1.29 is 9.90 Å². The Morgan fingerprint density at radius 2 is 2.33 bits per heavy atom. The van der Waals surface area contributed by atoms with Crippen molar-refractivity contribution in [2.24, 2.45) is 0 Å². The Balaban J connectivity index is 1.89. The van der Waals surface area contributed by atoms with Crippen LogP contribution in [0.2, 0.25) is 0 Å². The third-order valence-corrected chi connectivity index (χ3v) is 3.29. The van der Waals surface area contributed by atoms with Crippen LogP contribution in [-0.4, -0.2) is 39.4 Å². The van der Waals surface area contributed by atoms with Crippen molar-refractivity contribution in [1.29, 1.82) is 0 Å². The summed E-state index contributed by atoms with van der Waals surface area (Å²) in [6.07, 6.45) is 3.68. The lowest BCUT2D eigenvalue weighted by Gasteiger charge is -2.23. The van der Waals surface area contributed by atoms with Gasteiger partial charge in [0.25, 0.3) is 0 Å². The minimum absolute atomic E-state index is 0.464. The van der Waals surface area contributed by atoms with Gasteiger partial charge in [-0.3, -0.25) is 5.10 Å². The first-order chi connectivity index (χ1) is 8.74. The molecule has 2 aromatic rings. The van der Waals surface area contributed by atoms with Gasteiger partial charge in [-0.1, -0.05) is 18.2 Å². The third kappa shape index (κ3) is 1.84. The third-order valence-electron chi connectivity index (χ3n) is 3.29. The fourth-order valence-electron chi connectivity index (χ4n) is 2.24. The quantitative estimate of drug-likeness (QED) is 0.807. The number of fused-ring (bicyclic) bond motifs is 1. The van der Waals surface area contributed by atoms with Crippen LogP contribution in [0.4, 0.5) is 4.79 Å². The molecule has 0 unspecified atom stereocenters. The average Bonchev–Trinajstić information content (AvgIpc) is 2.86. The van der Waals surface area contributed by atoms with E-state index in [1.54, 1.807) is 6.20 Å². The molecule has 1 aromatic carbocycles. The van der Waals surface area contributed by atoms with Gasteiger partial charge in [-0.15, -0.1) is 0 Å². The molecule has 1 amide bonds. The van der Waals surface area contributed by atoms with Crippen LogP contribution in [0, 0.1) is 0 Å². The first kappa shape index (κ1) is 10.8. The lowest BCUT2D eigenvalue weighted by atomic mass is 9.99. The zero-order valence-corrected chi connectivity index (χ0v) is 9.76. The fraction of sp³-hybridized carbons (Fsp3) is 0.231. The zero-order chi connectivity index (χ0) is 12.5. The predicted molar refractivity (Wildman–Crippen MR) is 68.3 cm³/mol. The topological polar surface area (TPSA) is 69.2 Å². The molecule has 0 aliphatic carbocycles. The number of aromatic nitrogens is 2. The van der Waals surface area contributed by atoms with E-state index in [1.807, 2.05) is 12.1 Å². The largest absolute Gasteiger partial charge is 0.465 e. The molecule has 1 aliphatic heterocycles. The minimum Gasteiger partial charge on any atom is -0.465 e. The molecule has 2 heterocycles. The molecule has 18 heavy (non-hydrogen) atoms.